The van der Waals surface area contributed by atoms with E-state index in [1.54, 1.807) is 36.6 Å². The summed E-state index contributed by atoms with van der Waals surface area (Å²) in [5, 5.41) is 0. The number of halogens is 2. The SMILES string of the molecule is C.C=O.CC.CCC.CCN.CSO.NCCNOCc1cc(-c2ccccc2F)ccc1F.O.[HH].[HH].[HH]. The van der Waals surface area contributed by atoms with E-state index in [1.165, 1.54) is 18.6 Å². The Morgan fingerprint density at radius 2 is 1.51 bits per heavy atom. The monoisotopic (exact) mass is 531 g/mol. The molecule has 0 atom stereocenters. The molecule has 0 amide bonds. The molecule has 214 valence electrons. The molecule has 0 heterocycles. The lowest BCUT2D eigenvalue weighted by atomic mass is 10.0. The van der Waals surface area contributed by atoms with Gasteiger partial charge in [0.15, 0.2) is 0 Å². The Labute approximate surface area is 220 Å². The lowest BCUT2D eigenvalue weighted by Crippen LogP contribution is -2.22. The molecule has 0 aliphatic rings. The summed E-state index contributed by atoms with van der Waals surface area (Å²) in [6.45, 7) is 13.9. The van der Waals surface area contributed by atoms with E-state index in [9.17, 15) is 8.78 Å². The van der Waals surface area contributed by atoms with E-state index in [-0.39, 0.29) is 35.4 Å². The van der Waals surface area contributed by atoms with E-state index in [0.29, 0.717) is 29.8 Å². The Balaban J connectivity index is -0.0000000577. The van der Waals surface area contributed by atoms with Crippen LogP contribution in [0.1, 0.15) is 58.3 Å². The highest BCUT2D eigenvalue weighted by molar-refractivity contribution is 7.93. The van der Waals surface area contributed by atoms with Crippen LogP contribution in [0.4, 0.5) is 8.78 Å². The molecule has 0 bridgehead atoms. The quantitative estimate of drug-likeness (QED) is 0.197. The fourth-order valence-electron chi connectivity index (χ4n) is 1.81. The Morgan fingerprint density at radius 1 is 1.06 bits per heavy atom. The predicted octanol–water partition coefficient (Wildman–Crippen LogP) is 6.21. The van der Waals surface area contributed by atoms with Crippen LogP contribution in [-0.4, -0.2) is 42.7 Å². The summed E-state index contributed by atoms with van der Waals surface area (Å²) in [6, 6.07) is 10.8. The lowest BCUT2D eigenvalue weighted by Gasteiger charge is -2.09. The van der Waals surface area contributed by atoms with Crippen molar-refractivity contribution in [2.75, 3.05) is 25.9 Å². The molecule has 2 rings (SSSR count). The number of nitrogens with one attached hydrogen (secondary N) is 1. The molecule has 0 radical (unpaired) electrons. The van der Waals surface area contributed by atoms with Crippen molar-refractivity contribution in [1.29, 1.82) is 0 Å². The van der Waals surface area contributed by atoms with E-state index in [4.69, 9.17) is 25.7 Å². The number of benzene rings is 2. The van der Waals surface area contributed by atoms with Crippen molar-refractivity contribution < 1.29 is 32.7 Å². The van der Waals surface area contributed by atoms with Gasteiger partial charge in [0.25, 0.3) is 0 Å². The van der Waals surface area contributed by atoms with Crippen molar-refractivity contribution >= 4 is 18.8 Å². The van der Waals surface area contributed by atoms with E-state index < -0.39 is 0 Å². The molecule has 0 fully saturated rings. The van der Waals surface area contributed by atoms with E-state index in [0.717, 1.165) is 18.6 Å². The standard InChI is InChI=1S/C15H16F2N2O.C3H8.C2H7N.C2H6.CH4OS.CH2O.CH4.H2O.3H2/c16-14-6-5-11(13-3-1-2-4-15(13)17)9-12(14)10-20-19-8-7-18;1-3-2;1-2-3;1-2;1-3-2;1-2;;;;;/h1-6,9,19H,7-8,10,18H2;3H2,1-2H3;2-3H2,1H3;1-2H3;2H,1H3;1H2;1H4;1H2;3*1H. The number of carbonyl (C=O) groups is 1. The van der Waals surface area contributed by atoms with Gasteiger partial charge in [-0.25, -0.2) is 14.3 Å². The minimum Gasteiger partial charge on any atom is -0.412 e. The number of hydroxylamine groups is 1. The molecule has 0 saturated carbocycles. The summed E-state index contributed by atoms with van der Waals surface area (Å²) in [5.41, 5.74) is 14.2. The number of nitrogens with two attached hydrogens (primary N) is 2. The lowest BCUT2D eigenvalue weighted by molar-refractivity contribution is -0.0980. The van der Waals surface area contributed by atoms with Gasteiger partial charge in [-0.2, -0.15) is 0 Å². The topological polar surface area (TPSA) is 142 Å². The zero-order valence-electron chi connectivity index (χ0n) is 21.4. The summed E-state index contributed by atoms with van der Waals surface area (Å²) in [7, 11) is 0. The Bertz CT molecular complexity index is 668. The summed E-state index contributed by atoms with van der Waals surface area (Å²) < 4.78 is 34.9. The number of carbonyl (C=O) groups excluding carboxylic acids is 1. The summed E-state index contributed by atoms with van der Waals surface area (Å²) in [5.74, 6) is -0.730. The summed E-state index contributed by atoms with van der Waals surface area (Å²) in [4.78, 5) is 13.1. The van der Waals surface area contributed by atoms with Crippen LogP contribution in [0.2, 0.25) is 0 Å². The van der Waals surface area contributed by atoms with Gasteiger partial charge < -0.3 is 26.3 Å². The normalized spacial score (nSPS) is 7.97. The first-order chi connectivity index (χ1) is 16.0. The van der Waals surface area contributed by atoms with E-state index in [1.807, 2.05) is 27.6 Å². The molecule has 10 heteroatoms. The Morgan fingerprint density at radius 3 is 1.94 bits per heavy atom. The average molecular weight is 532 g/mol. The van der Waals surface area contributed by atoms with Crippen molar-refractivity contribution in [3.63, 3.8) is 0 Å². The summed E-state index contributed by atoms with van der Waals surface area (Å²) >= 11 is 0.750. The minimum absolute atomic E-state index is 0. The molecule has 0 saturated heterocycles. The predicted molar refractivity (Wildman–Crippen MR) is 156 cm³/mol. The first-order valence-corrected chi connectivity index (χ1v) is 11.9. The number of rotatable bonds is 6. The average Bonchev–Trinajstić information content (AvgIpc) is 2.82. The molecule has 0 aliphatic heterocycles. The second-order valence-corrected chi connectivity index (χ2v) is 5.92. The van der Waals surface area contributed by atoms with Crippen molar-refractivity contribution in [2.24, 2.45) is 11.5 Å². The highest BCUT2D eigenvalue weighted by Gasteiger charge is 2.08. The van der Waals surface area contributed by atoms with Gasteiger partial charge in [-0.15, -0.1) is 0 Å². The van der Waals surface area contributed by atoms with Crippen LogP contribution < -0.4 is 16.9 Å². The molecular weight excluding hydrogens is 476 g/mol. The number of hydrogen-bond acceptors (Lipinski definition) is 7. The second-order valence-electron chi connectivity index (χ2n) is 5.56. The van der Waals surface area contributed by atoms with Crippen LogP contribution in [0.5, 0.6) is 0 Å². The van der Waals surface area contributed by atoms with Crippen molar-refractivity contribution in [2.45, 2.75) is 55.1 Å². The third kappa shape index (κ3) is 28.2. The number of hydrogen-bond donors (Lipinski definition) is 4. The van der Waals surface area contributed by atoms with E-state index in [2.05, 4.69) is 19.3 Å². The van der Waals surface area contributed by atoms with Crippen LogP contribution in [0.25, 0.3) is 11.1 Å². The molecule has 2 aromatic rings. The Kier molecular flexibility index (Phi) is 52.1. The third-order valence-electron chi connectivity index (χ3n) is 2.81. The first-order valence-electron chi connectivity index (χ1n) is 10.7. The second kappa shape index (κ2) is 39.3. The smallest absolute Gasteiger partial charge is 0.131 e. The van der Waals surface area contributed by atoms with Gasteiger partial charge in [0.1, 0.15) is 18.4 Å². The molecule has 2 aromatic carbocycles. The van der Waals surface area contributed by atoms with Crippen molar-refractivity contribution in [3.05, 3.63) is 59.7 Å². The maximum Gasteiger partial charge on any atom is 0.131 e. The van der Waals surface area contributed by atoms with Gasteiger partial charge in [-0.3, -0.25) is 4.84 Å². The summed E-state index contributed by atoms with van der Waals surface area (Å²) in [6.07, 6.45) is 2.85. The van der Waals surface area contributed by atoms with Gasteiger partial charge in [0, 0.05) is 34.8 Å². The minimum atomic E-state index is -0.389. The fourth-order valence-corrected chi connectivity index (χ4v) is 1.81. The highest BCUT2D eigenvalue weighted by Crippen LogP contribution is 2.24. The molecule has 0 aliphatic carbocycles. The van der Waals surface area contributed by atoms with Crippen LogP contribution in [-0.2, 0) is 16.2 Å². The van der Waals surface area contributed by atoms with Crippen LogP contribution in [0, 0.1) is 11.6 Å². The van der Waals surface area contributed by atoms with E-state index >= 15 is 0 Å². The molecule has 0 unspecified atom stereocenters. The maximum atomic E-state index is 13.7. The van der Waals surface area contributed by atoms with Gasteiger partial charge in [0.05, 0.1) is 6.61 Å². The Hall–Kier alpha value is -1.92. The molecule has 35 heavy (non-hydrogen) atoms. The van der Waals surface area contributed by atoms with Crippen LogP contribution in [0.3, 0.4) is 0 Å². The van der Waals surface area contributed by atoms with Gasteiger partial charge in [-0.1, -0.05) is 72.7 Å². The van der Waals surface area contributed by atoms with Crippen LogP contribution in [0.15, 0.2) is 42.5 Å². The zero-order valence-corrected chi connectivity index (χ0v) is 22.2. The van der Waals surface area contributed by atoms with Crippen molar-refractivity contribution in [1.82, 2.24) is 5.48 Å². The first kappa shape index (κ1) is 46.4. The highest BCUT2D eigenvalue weighted by atomic mass is 32.2. The third-order valence-corrected chi connectivity index (χ3v) is 2.81. The van der Waals surface area contributed by atoms with Crippen LogP contribution >= 0.6 is 12.0 Å². The fraction of sp³-hybridized carbons (Fsp3) is 0.480. The molecule has 7 nitrogen and oxygen atoms in total. The molecule has 0 aromatic heterocycles. The van der Waals surface area contributed by atoms with Crippen molar-refractivity contribution in [3.8, 4) is 11.1 Å². The van der Waals surface area contributed by atoms with Gasteiger partial charge >= 0.3 is 0 Å². The molecule has 8 N–H and O–H groups in total. The molecule has 0 spiro atoms. The van der Waals surface area contributed by atoms with Gasteiger partial charge in [-0.05, 0) is 42.4 Å². The molecular formula is C25H55F2N3O4S. The maximum absolute atomic E-state index is 13.7. The van der Waals surface area contributed by atoms with Gasteiger partial charge in [0.2, 0.25) is 0 Å². The largest absolute Gasteiger partial charge is 0.412 e. The zero-order chi connectivity index (χ0) is 26.5.